The summed E-state index contributed by atoms with van der Waals surface area (Å²) in [5, 5.41) is 8.20. The van der Waals surface area contributed by atoms with Crippen molar-refractivity contribution in [3.05, 3.63) is 30.6 Å². The van der Waals surface area contributed by atoms with E-state index >= 15 is 0 Å². The molecule has 0 radical (unpaired) electrons. The van der Waals surface area contributed by atoms with Crippen molar-refractivity contribution in [3.63, 3.8) is 0 Å². The van der Waals surface area contributed by atoms with Gasteiger partial charge in [-0.25, -0.2) is 4.68 Å². The lowest BCUT2D eigenvalue weighted by molar-refractivity contribution is 0.417. The zero-order chi connectivity index (χ0) is 13.6. The largest absolute Gasteiger partial charge is 0.266 e. The van der Waals surface area contributed by atoms with Crippen LogP contribution in [-0.2, 0) is 7.05 Å². The van der Waals surface area contributed by atoms with Crippen molar-refractivity contribution in [2.24, 2.45) is 7.05 Å². The molecule has 3 aromatic rings. The first kappa shape index (κ1) is 11.8. The molecule has 0 bridgehead atoms. The van der Waals surface area contributed by atoms with Crippen molar-refractivity contribution in [3.8, 4) is 11.1 Å². The van der Waals surface area contributed by atoms with E-state index in [1.165, 1.54) is 10.9 Å². The van der Waals surface area contributed by atoms with E-state index in [9.17, 15) is 4.39 Å². The molecule has 0 saturated carbocycles. The van der Waals surface area contributed by atoms with Gasteiger partial charge in [0.25, 0.3) is 0 Å². The average Bonchev–Trinajstić information content (AvgIpc) is 2.93. The number of halogens is 1. The van der Waals surface area contributed by atoms with Crippen molar-refractivity contribution in [2.45, 2.75) is 19.9 Å². The second-order valence-corrected chi connectivity index (χ2v) is 4.78. The lowest BCUT2D eigenvalue weighted by atomic mass is 10.1. The van der Waals surface area contributed by atoms with Gasteiger partial charge in [0.2, 0.25) is 5.95 Å². The van der Waals surface area contributed by atoms with Crippen LogP contribution in [0.3, 0.4) is 0 Å². The van der Waals surface area contributed by atoms with E-state index in [0.29, 0.717) is 11.1 Å². The van der Waals surface area contributed by atoms with Crippen molar-refractivity contribution in [2.75, 3.05) is 0 Å². The van der Waals surface area contributed by atoms with Crippen molar-refractivity contribution in [1.29, 1.82) is 0 Å². The molecule has 0 fully saturated rings. The minimum absolute atomic E-state index is 0.0119. The fourth-order valence-corrected chi connectivity index (χ4v) is 2.07. The Morgan fingerprint density at radius 2 is 1.95 bits per heavy atom. The van der Waals surface area contributed by atoms with E-state index in [1.807, 2.05) is 27.0 Å². The molecule has 0 aliphatic carbocycles. The maximum atomic E-state index is 14.2. The van der Waals surface area contributed by atoms with Crippen LogP contribution < -0.4 is 0 Å². The minimum Gasteiger partial charge on any atom is -0.266 e. The maximum Gasteiger partial charge on any atom is 0.219 e. The Labute approximate surface area is 109 Å². The zero-order valence-corrected chi connectivity index (χ0v) is 11.0. The van der Waals surface area contributed by atoms with Gasteiger partial charge in [0.15, 0.2) is 0 Å². The Kier molecular flexibility index (Phi) is 2.58. The minimum atomic E-state index is -0.335. The van der Waals surface area contributed by atoms with Crippen molar-refractivity contribution in [1.82, 2.24) is 24.5 Å². The highest BCUT2D eigenvalue weighted by Gasteiger charge is 2.15. The molecule has 3 rings (SSSR count). The van der Waals surface area contributed by atoms with Gasteiger partial charge in [-0.2, -0.15) is 14.6 Å². The van der Waals surface area contributed by atoms with Gasteiger partial charge >= 0.3 is 0 Å². The fourth-order valence-electron chi connectivity index (χ4n) is 2.07. The quantitative estimate of drug-likeness (QED) is 0.710. The first-order valence-electron chi connectivity index (χ1n) is 6.09. The Hall–Kier alpha value is -2.24. The molecular formula is C13H14FN5. The predicted molar refractivity (Wildman–Crippen MR) is 70.1 cm³/mol. The summed E-state index contributed by atoms with van der Waals surface area (Å²) < 4.78 is 17.3. The molecule has 19 heavy (non-hydrogen) atoms. The summed E-state index contributed by atoms with van der Waals surface area (Å²) in [6.45, 7) is 3.78. The molecule has 0 saturated heterocycles. The summed E-state index contributed by atoms with van der Waals surface area (Å²) in [6.07, 6.45) is 4.87. The molecule has 0 unspecified atom stereocenters. The van der Waals surface area contributed by atoms with Gasteiger partial charge < -0.3 is 0 Å². The standard InChI is InChI=1S/C13H14FN5/c1-8(2)19-13(14)10(6-17-19)9-4-12-11(15-5-9)7-16-18(12)3/h4-8H,1-3H3. The molecule has 3 aromatic heterocycles. The van der Waals surface area contributed by atoms with E-state index in [-0.39, 0.29) is 12.0 Å². The fraction of sp³-hybridized carbons (Fsp3) is 0.308. The van der Waals surface area contributed by atoms with Crippen LogP contribution >= 0.6 is 0 Å². The lowest BCUT2D eigenvalue weighted by Gasteiger charge is -2.05. The van der Waals surface area contributed by atoms with E-state index in [2.05, 4.69) is 15.2 Å². The van der Waals surface area contributed by atoms with Gasteiger partial charge in [-0.05, 0) is 19.9 Å². The van der Waals surface area contributed by atoms with E-state index < -0.39 is 0 Å². The Morgan fingerprint density at radius 3 is 2.63 bits per heavy atom. The van der Waals surface area contributed by atoms with Gasteiger partial charge in [-0.3, -0.25) is 9.67 Å². The Bertz CT molecular complexity index is 741. The normalized spacial score (nSPS) is 11.6. The smallest absolute Gasteiger partial charge is 0.219 e. The summed E-state index contributed by atoms with van der Waals surface area (Å²) >= 11 is 0. The van der Waals surface area contributed by atoms with Crippen LogP contribution in [0.5, 0.6) is 0 Å². The van der Waals surface area contributed by atoms with E-state index in [0.717, 1.165) is 11.0 Å². The summed E-state index contributed by atoms with van der Waals surface area (Å²) in [5.74, 6) is -0.335. The van der Waals surface area contributed by atoms with Crippen LogP contribution in [0.1, 0.15) is 19.9 Å². The number of hydrogen-bond donors (Lipinski definition) is 0. The topological polar surface area (TPSA) is 48.5 Å². The second-order valence-electron chi connectivity index (χ2n) is 4.78. The summed E-state index contributed by atoms with van der Waals surface area (Å²) in [6, 6.07) is 1.86. The number of nitrogens with zero attached hydrogens (tertiary/aromatic N) is 5. The summed E-state index contributed by atoms with van der Waals surface area (Å²) in [5.41, 5.74) is 2.84. The first-order valence-corrected chi connectivity index (χ1v) is 6.09. The number of hydrogen-bond acceptors (Lipinski definition) is 3. The molecule has 0 atom stereocenters. The first-order chi connectivity index (χ1) is 9.08. The molecule has 0 aromatic carbocycles. The molecule has 0 spiro atoms. The number of aromatic nitrogens is 5. The third kappa shape index (κ3) is 1.80. The molecule has 0 amide bonds. The molecule has 5 nitrogen and oxygen atoms in total. The number of aryl methyl sites for hydroxylation is 1. The molecule has 0 N–H and O–H groups in total. The molecule has 3 heterocycles. The third-order valence-corrected chi connectivity index (χ3v) is 3.13. The van der Waals surface area contributed by atoms with Crippen LogP contribution in [0.25, 0.3) is 22.2 Å². The third-order valence-electron chi connectivity index (χ3n) is 3.13. The SMILES string of the molecule is CC(C)n1ncc(-c2cnc3cnn(C)c3c2)c1F. The van der Waals surface area contributed by atoms with Gasteiger partial charge in [0.05, 0.1) is 23.5 Å². The second kappa shape index (κ2) is 4.15. The van der Waals surface area contributed by atoms with Crippen LogP contribution in [0.15, 0.2) is 24.7 Å². The highest BCUT2D eigenvalue weighted by molar-refractivity contribution is 5.80. The highest BCUT2D eigenvalue weighted by atomic mass is 19.1. The molecule has 0 aliphatic rings. The number of rotatable bonds is 2. The van der Waals surface area contributed by atoms with Crippen LogP contribution in [0, 0.1) is 5.95 Å². The van der Waals surface area contributed by atoms with E-state index in [1.54, 1.807) is 17.1 Å². The van der Waals surface area contributed by atoms with Crippen molar-refractivity contribution >= 4 is 11.0 Å². The summed E-state index contributed by atoms with van der Waals surface area (Å²) in [7, 11) is 1.84. The lowest BCUT2D eigenvalue weighted by Crippen LogP contribution is -2.05. The van der Waals surface area contributed by atoms with Gasteiger partial charge in [-0.1, -0.05) is 0 Å². The average molecular weight is 259 g/mol. The van der Waals surface area contributed by atoms with Crippen molar-refractivity contribution < 1.29 is 4.39 Å². The number of fused-ring (bicyclic) bond motifs is 1. The molecular weight excluding hydrogens is 245 g/mol. The van der Waals surface area contributed by atoms with E-state index in [4.69, 9.17) is 0 Å². The zero-order valence-electron chi connectivity index (χ0n) is 11.0. The Morgan fingerprint density at radius 1 is 1.16 bits per heavy atom. The van der Waals surface area contributed by atoms with Crippen LogP contribution in [0.2, 0.25) is 0 Å². The molecule has 6 heteroatoms. The monoisotopic (exact) mass is 259 g/mol. The Balaban J connectivity index is 2.16. The maximum absolute atomic E-state index is 14.2. The number of pyridine rings is 1. The van der Waals surface area contributed by atoms with Gasteiger partial charge in [-0.15, -0.1) is 0 Å². The highest BCUT2D eigenvalue weighted by Crippen LogP contribution is 2.25. The van der Waals surface area contributed by atoms with Crippen LogP contribution in [0.4, 0.5) is 4.39 Å². The van der Waals surface area contributed by atoms with Crippen LogP contribution in [-0.4, -0.2) is 24.5 Å². The summed E-state index contributed by atoms with van der Waals surface area (Å²) in [4.78, 5) is 4.29. The molecule has 0 aliphatic heterocycles. The van der Waals surface area contributed by atoms with Gasteiger partial charge in [0.1, 0.15) is 5.52 Å². The predicted octanol–water partition coefficient (Wildman–Crippen LogP) is 2.55. The molecule has 98 valence electrons. The van der Waals surface area contributed by atoms with Gasteiger partial charge in [0, 0.05) is 24.8 Å².